The van der Waals surface area contributed by atoms with Crippen molar-refractivity contribution in [2.75, 3.05) is 0 Å². The highest BCUT2D eigenvalue weighted by molar-refractivity contribution is 7.89. The molecule has 0 unspecified atom stereocenters. The van der Waals surface area contributed by atoms with Gasteiger partial charge < -0.3 is 14.5 Å². The van der Waals surface area contributed by atoms with E-state index in [4.69, 9.17) is 0 Å². The summed E-state index contributed by atoms with van der Waals surface area (Å²) in [5.74, 6) is -0.243. The fourth-order valence-corrected chi connectivity index (χ4v) is 2.66. The number of hydrogen-bond acceptors (Lipinski definition) is 5. The van der Waals surface area contributed by atoms with E-state index in [1.54, 1.807) is 0 Å². The maximum Gasteiger partial charge on any atom is 0.586 e. The molecular formula is C11H9F2N3O4S. The minimum absolute atomic E-state index is 0.0994. The lowest BCUT2D eigenvalue weighted by atomic mass is 10.2. The lowest BCUT2D eigenvalue weighted by Crippen LogP contribution is -2.26. The first kappa shape index (κ1) is 13.8. The van der Waals surface area contributed by atoms with Gasteiger partial charge in [0, 0.05) is 18.9 Å². The minimum Gasteiger partial charge on any atom is -0.395 e. The Morgan fingerprint density at radius 3 is 2.76 bits per heavy atom. The monoisotopic (exact) mass is 317 g/mol. The zero-order chi connectivity index (χ0) is 15.1. The predicted octanol–water partition coefficient (Wildman–Crippen LogP) is 1.21. The molecule has 10 heteroatoms. The largest absolute Gasteiger partial charge is 0.586 e. The third kappa shape index (κ3) is 2.81. The van der Waals surface area contributed by atoms with Crippen LogP contribution in [0.5, 0.6) is 11.5 Å². The summed E-state index contributed by atoms with van der Waals surface area (Å²) in [6, 6.07) is 4.02. The van der Waals surface area contributed by atoms with E-state index in [2.05, 4.69) is 24.2 Å². The summed E-state index contributed by atoms with van der Waals surface area (Å²) in [7, 11) is -3.79. The van der Waals surface area contributed by atoms with Gasteiger partial charge in [0.1, 0.15) is 0 Å². The number of imidazole rings is 1. The number of nitrogens with one attached hydrogen (secondary N) is 2. The Bertz CT molecular complexity index is 762. The average molecular weight is 317 g/mol. The summed E-state index contributed by atoms with van der Waals surface area (Å²) in [5.41, 5.74) is 0.435. The van der Waals surface area contributed by atoms with Gasteiger partial charge in [-0.05, 0) is 17.7 Å². The number of aromatic nitrogens is 2. The predicted molar refractivity (Wildman–Crippen MR) is 65.3 cm³/mol. The van der Waals surface area contributed by atoms with Crippen LogP contribution in [-0.2, 0) is 16.6 Å². The molecule has 1 aromatic carbocycles. The lowest BCUT2D eigenvalue weighted by Gasteiger charge is -2.05. The van der Waals surface area contributed by atoms with Crippen LogP contribution < -0.4 is 14.2 Å². The normalized spacial score (nSPS) is 16.1. The zero-order valence-corrected chi connectivity index (χ0v) is 11.2. The van der Waals surface area contributed by atoms with Crippen LogP contribution in [0.1, 0.15) is 5.56 Å². The van der Waals surface area contributed by atoms with Crippen molar-refractivity contribution in [3.63, 3.8) is 0 Å². The fourth-order valence-electron chi connectivity index (χ4n) is 1.75. The first-order valence-corrected chi connectivity index (χ1v) is 7.22. The Balaban J connectivity index is 1.73. The summed E-state index contributed by atoms with van der Waals surface area (Å²) < 4.78 is 60.2. The highest BCUT2D eigenvalue weighted by atomic mass is 32.2. The average Bonchev–Trinajstić information content (AvgIpc) is 3.01. The highest BCUT2D eigenvalue weighted by Gasteiger charge is 2.43. The molecule has 2 N–H and O–H groups in total. The Morgan fingerprint density at radius 1 is 1.29 bits per heavy atom. The smallest absolute Gasteiger partial charge is 0.395 e. The lowest BCUT2D eigenvalue weighted by molar-refractivity contribution is -0.286. The number of rotatable bonds is 4. The first-order valence-electron chi connectivity index (χ1n) is 5.73. The third-order valence-electron chi connectivity index (χ3n) is 2.66. The summed E-state index contributed by atoms with van der Waals surface area (Å²) >= 11 is 0. The fraction of sp³-hybridized carbons (Fsp3) is 0.182. The maximum absolute atomic E-state index is 12.9. The second-order valence-corrected chi connectivity index (χ2v) is 5.85. The van der Waals surface area contributed by atoms with Crippen molar-refractivity contribution in [2.45, 2.75) is 18.0 Å². The van der Waals surface area contributed by atoms with Crippen molar-refractivity contribution in [3.8, 4) is 11.5 Å². The molecule has 0 bridgehead atoms. The van der Waals surface area contributed by atoms with Crippen LogP contribution in [-0.4, -0.2) is 24.7 Å². The molecular weight excluding hydrogens is 308 g/mol. The van der Waals surface area contributed by atoms with E-state index in [0.717, 1.165) is 0 Å². The number of fused-ring (bicyclic) bond motifs is 1. The van der Waals surface area contributed by atoms with Crippen LogP contribution in [0.2, 0.25) is 0 Å². The second-order valence-electron chi connectivity index (χ2n) is 4.17. The summed E-state index contributed by atoms with van der Waals surface area (Å²) in [6.45, 7) is -0.106. The molecule has 0 spiro atoms. The molecule has 3 rings (SSSR count). The Labute approximate surface area is 118 Å². The standard InChI is InChI=1S/C11H9F2N3O4S/c12-11(13)19-8-2-1-7(5-9(8)20-11)6-16-21(17,18)10-14-3-4-15-10/h1-5,16H,6H2,(H,14,15). The molecule has 0 amide bonds. The molecule has 0 fully saturated rings. The molecule has 0 atom stereocenters. The molecule has 0 radical (unpaired) electrons. The minimum atomic E-state index is -3.79. The van der Waals surface area contributed by atoms with Gasteiger partial charge in [0.05, 0.1) is 0 Å². The SMILES string of the molecule is O=S(=O)(NCc1ccc2c(c1)OC(F)(F)O2)c1ncc[nH]1. The van der Waals surface area contributed by atoms with Crippen molar-refractivity contribution in [1.82, 2.24) is 14.7 Å². The van der Waals surface area contributed by atoms with Crippen LogP contribution in [0.15, 0.2) is 35.7 Å². The Kier molecular flexibility index (Phi) is 3.06. The van der Waals surface area contributed by atoms with Crippen molar-refractivity contribution < 1.29 is 26.7 Å². The van der Waals surface area contributed by atoms with E-state index < -0.39 is 16.3 Å². The maximum atomic E-state index is 12.9. The quantitative estimate of drug-likeness (QED) is 0.884. The summed E-state index contributed by atoms with van der Waals surface area (Å²) in [6.07, 6.45) is -1.02. The summed E-state index contributed by atoms with van der Waals surface area (Å²) in [4.78, 5) is 6.09. The van der Waals surface area contributed by atoms with Crippen molar-refractivity contribution in [1.29, 1.82) is 0 Å². The van der Waals surface area contributed by atoms with Crippen molar-refractivity contribution >= 4 is 10.0 Å². The van der Waals surface area contributed by atoms with Crippen molar-refractivity contribution in [3.05, 3.63) is 36.2 Å². The number of hydrogen-bond donors (Lipinski definition) is 2. The Morgan fingerprint density at radius 2 is 2.05 bits per heavy atom. The number of nitrogens with zero attached hydrogens (tertiary/aromatic N) is 1. The third-order valence-corrected chi connectivity index (χ3v) is 3.92. The number of sulfonamides is 1. The van der Waals surface area contributed by atoms with Gasteiger partial charge in [0.2, 0.25) is 5.16 Å². The molecule has 0 saturated heterocycles. The van der Waals surface area contributed by atoms with Crippen LogP contribution in [0.25, 0.3) is 0 Å². The van der Waals surface area contributed by atoms with Crippen LogP contribution in [0.4, 0.5) is 8.78 Å². The number of ether oxygens (including phenoxy) is 2. The van der Waals surface area contributed by atoms with Crippen molar-refractivity contribution in [2.24, 2.45) is 0 Å². The number of alkyl halides is 2. The molecule has 1 aliphatic rings. The molecule has 21 heavy (non-hydrogen) atoms. The Hall–Kier alpha value is -2.20. The topological polar surface area (TPSA) is 93.3 Å². The van der Waals surface area contributed by atoms with Gasteiger partial charge in [-0.1, -0.05) is 6.07 Å². The molecule has 0 aliphatic carbocycles. The molecule has 1 aliphatic heterocycles. The first-order chi connectivity index (χ1) is 9.86. The van der Waals surface area contributed by atoms with Crippen LogP contribution in [0, 0.1) is 0 Å². The molecule has 2 heterocycles. The highest BCUT2D eigenvalue weighted by Crippen LogP contribution is 2.41. The van der Waals surface area contributed by atoms with Gasteiger partial charge in [0.25, 0.3) is 10.0 Å². The zero-order valence-electron chi connectivity index (χ0n) is 10.3. The number of halogens is 2. The number of aromatic amines is 1. The van der Waals surface area contributed by atoms with E-state index in [0.29, 0.717) is 5.56 Å². The van der Waals surface area contributed by atoms with E-state index >= 15 is 0 Å². The molecule has 0 saturated carbocycles. The number of H-pyrrole nitrogens is 1. The molecule has 1 aromatic heterocycles. The van der Waals surface area contributed by atoms with Gasteiger partial charge in [-0.25, -0.2) is 18.1 Å². The van der Waals surface area contributed by atoms with Crippen LogP contribution in [0.3, 0.4) is 0 Å². The van der Waals surface area contributed by atoms with Gasteiger partial charge >= 0.3 is 6.29 Å². The van der Waals surface area contributed by atoms with Gasteiger partial charge in [-0.3, -0.25) is 0 Å². The van der Waals surface area contributed by atoms with Crippen LogP contribution >= 0.6 is 0 Å². The van der Waals surface area contributed by atoms with Gasteiger partial charge in [-0.2, -0.15) is 0 Å². The van der Waals surface area contributed by atoms with E-state index in [1.807, 2.05) is 0 Å². The molecule has 7 nitrogen and oxygen atoms in total. The van der Waals surface area contributed by atoms with E-state index in [-0.39, 0.29) is 23.2 Å². The molecule has 2 aromatic rings. The second kappa shape index (κ2) is 4.67. The molecule has 112 valence electrons. The van der Waals surface area contributed by atoms with Gasteiger partial charge in [0.15, 0.2) is 11.5 Å². The van der Waals surface area contributed by atoms with E-state index in [1.165, 1.54) is 30.6 Å². The van der Waals surface area contributed by atoms with E-state index in [9.17, 15) is 17.2 Å². The van der Waals surface area contributed by atoms with Gasteiger partial charge in [-0.15, -0.1) is 8.78 Å². The number of benzene rings is 1. The summed E-state index contributed by atoms with van der Waals surface area (Å²) in [5, 5.41) is -0.227.